The molecular weight excluding hydrogens is 397 g/mol. The molecule has 0 radical (unpaired) electrons. The number of benzene rings is 2. The fourth-order valence-electron chi connectivity index (χ4n) is 3.20. The van der Waals surface area contributed by atoms with E-state index < -0.39 is 0 Å². The molecule has 1 atom stereocenters. The van der Waals surface area contributed by atoms with Gasteiger partial charge in [-0.15, -0.1) is 0 Å². The van der Waals surface area contributed by atoms with E-state index in [0.29, 0.717) is 12.1 Å². The quantitative estimate of drug-likeness (QED) is 0.807. The molecule has 1 heterocycles. The Morgan fingerprint density at radius 3 is 2.50 bits per heavy atom. The van der Waals surface area contributed by atoms with Crippen LogP contribution in [-0.4, -0.2) is 55.5 Å². The van der Waals surface area contributed by atoms with Crippen LogP contribution in [0.2, 0.25) is 0 Å². The zero-order valence-corrected chi connectivity index (χ0v) is 16.4. The maximum Gasteiger partial charge on any atom is 0.251 e. The molecule has 1 aliphatic heterocycles. The van der Waals surface area contributed by atoms with Gasteiger partial charge in [0.1, 0.15) is 5.82 Å². The fraction of sp³-hybridized carbons (Fsp3) is 0.350. The smallest absolute Gasteiger partial charge is 0.251 e. The number of hydrogen-bond acceptors (Lipinski definition) is 3. The van der Waals surface area contributed by atoms with Gasteiger partial charge in [0, 0.05) is 42.8 Å². The molecule has 0 aromatic heterocycles. The Kier molecular flexibility index (Phi) is 6.40. The maximum atomic E-state index is 13.3. The van der Waals surface area contributed by atoms with Gasteiger partial charge in [-0.25, -0.2) is 4.39 Å². The Bertz CT molecular complexity index is 745. The van der Waals surface area contributed by atoms with Crippen LogP contribution in [0.4, 0.5) is 4.39 Å². The molecule has 6 heteroatoms. The zero-order valence-electron chi connectivity index (χ0n) is 14.8. The van der Waals surface area contributed by atoms with Crippen molar-refractivity contribution in [3.63, 3.8) is 0 Å². The molecular formula is C20H23BrFN3O. The van der Waals surface area contributed by atoms with Crippen LogP contribution in [0.25, 0.3) is 0 Å². The molecule has 0 spiro atoms. The van der Waals surface area contributed by atoms with E-state index in [-0.39, 0.29) is 17.8 Å². The van der Waals surface area contributed by atoms with Crippen molar-refractivity contribution in [2.45, 2.75) is 6.04 Å². The summed E-state index contributed by atoms with van der Waals surface area (Å²) < 4.78 is 14.2. The third kappa shape index (κ3) is 4.90. The number of nitrogens with one attached hydrogen (secondary N) is 1. The van der Waals surface area contributed by atoms with E-state index in [9.17, 15) is 9.18 Å². The average Bonchev–Trinajstić information content (AvgIpc) is 2.64. The highest BCUT2D eigenvalue weighted by Gasteiger charge is 2.24. The molecule has 4 nitrogen and oxygen atoms in total. The second-order valence-electron chi connectivity index (χ2n) is 6.63. The van der Waals surface area contributed by atoms with Crippen molar-refractivity contribution >= 4 is 21.8 Å². The summed E-state index contributed by atoms with van der Waals surface area (Å²) in [6, 6.07) is 13.9. The molecule has 2 aromatic rings. The number of hydrogen-bond donors (Lipinski definition) is 1. The van der Waals surface area contributed by atoms with Crippen molar-refractivity contribution in [2.75, 3.05) is 39.8 Å². The first-order valence-electron chi connectivity index (χ1n) is 8.75. The van der Waals surface area contributed by atoms with Crippen molar-refractivity contribution in [2.24, 2.45) is 0 Å². The van der Waals surface area contributed by atoms with Crippen LogP contribution in [0.3, 0.4) is 0 Å². The molecule has 0 aliphatic carbocycles. The summed E-state index contributed by atoms with van der Waals surface area (Å²) in [5.41, 5.74) is 1.64. The first-order valence-corrected chi connectivity index (χ1v) is 9.54. The number of carbonyl (C=O) groups excluding carboxylic acids is 1. The molecule has 1 N–H and O–H groups in total. The topological polar surface area (TPSA) is 35.6 Å². The van der Waals surface area contributed by atoms with E-state index >= 15 is 0 Å². The lowest BCUT2D eigenvalue weighted by molar-refractivity contribution is 0.0886. The van der Waals surface area contributed by atoms with Crippen LogP contribution in [0.15, 0.2) is 53.0 Å². The lowest BCUT2D eigenvalue weighted by Crippen LogP contribution is -2.48. The number of carbonyl (C=O) groups is 1. The maximum absolute atomic E-state index is 13.3. The number of nitrogens with zero attached hydrogens (tertiary/aromatic N) is 2. The second kappa shape index (κ2) is 8.75. The second-order valence-corrected chi connectivity index (χ2v) is 7.54. The molecule has 0 saturated carbocycles. The van der Waals surface area contributed by atoms with E-state index in [0.717, 1.165) is 36.2 Å². The van der Waals surface area contributed by atoms with Crippen molar-refractivity contribution in [3.8, 4) is 0 Å². The van der Waals surface area contributed by atoms with Gasteiger partial charge in [0.05, 0.1) is 6.04 Å². The summed E-state index contributed by atoms with van der Waals surface area (Å²) in [4.78, 5) is 17.1. The number of likely N-dealkylation sites (N-methyl/N-ethyl adjacent to an activating group) is 1. The van der Waals surface area contributed by atoms with E-state index in [1.165, 1.54) is 12.1 Å². The van der Waals surface area contributed by atoms with Crippen molar-refractivity contribution in [1.29, 1.82) is 0 Å². The first-order chi connectivity index (χ1) is 12.5. The summed E-state index contributed by atoms with van der Waals surface area (Å²) in [6.45, 7) is 4.30. The van der Waals surface area contributed by atoms with Crippen LogP contribution in [0.5, 0.6) is 0 Å². The SMILES string of the molecule is CN1CCN(C(CNC(=O)c2cccc(Br)c2)c2ccc(F)cc2)CC1. The summed E-state index contributed by atoms with van der Waals surface area (Å²) in [5, 5.41) is 3.04. The van der Waals surface area contributed by atoms with Gasteiger partial charge in [-0.05, 0) is 42.9 Å². The zero-order chi connectivity index (χ0) is 18.5. The van der Waals surface area contributed by atoms with Crippen LogP contribution in [0.1, 0.15) is 22.0 Å². The van der Waals surface area contributed by atoms with Gasteiger partial charge in [-0.1, -0.05) is 34.1 Å². The Morgan fingerprint density at radius 1 is 1.15 bits per heavy atom. The van der Waals surface area contributed by atoms with E-state index in [4.69, 9.17) is 0 Å². The first kappa shape index (κ1) is 19.0. The number of rotatable bonds is 5. The molecule has 1 saturated heterocycles. The van der Waals surface area contributed by atoms with E-state index in [2.05, 4.69) is 38.1 Å². The van der Waals surface area contributed by atoms with E-state index in [1.807, 2.05) is 24.3 Å². The summed E-state index contributed by atoms with van der Waals surface area (Å²) in [6.07, 6.45) is 0. The summed E-state index contributed by atoms with van der Waals surface area (Å²) >= 11 is 3.39. The monoisotopic (exact) mass is 419 g/mol. The predicted octanol–water partition coefficient (Wildman–Crippen LogP) is 3.31. The van der Waals surface area contributed by atoms with Crippen molar-refractivity contribution in [1.82, 2.24) is 15.1 Å². The lowest BCUT2D eigenvalue weighted by atomic mass is 10.0. The van der Waals surface area contributed by atoms with Crippen LogP contribution in [0, 0.1) is 5.82 Å². The standard InChI is InChI=1S/C20H23BrFN3O/c1-24-9-11-25(12-10-24)19(15-5-7-18(22)8-6-15)14-23-20(26)16-3-2-4-17(21)13-16/h2-8,13,19H,9-12,14H2,1H3,(H,23,26). The third-order valence-electron chi connectivity index (χ3n) is 4.78. The van der Waals surface area contributed by atoms with Gasteiger partial charge in [0.15, 0.2) is 0 Å². The van der Waals surface area contributed by atoms with Gasteiger partial charge >= 0.3 is 0 Å². The van der Waals surface area contributed by atoms with Crippen molar-refractivity contribution in [3.05, 3.63) is 69.9 Å². The number of piperazine rings is 1. The Morgan fingerprint density at radius 2 is 1.85 bits per heavy atom. The molecule has 3 rings (SSSR count). The van der Waals surface area contributed by atoms with E-state index in [1.54, 1.807) is 12.1 Å². The Hall–Kier alpha value is -1.76. The van der Waals surface area contributed by atoms with Gasteiger partial charge in [-0.2, -0.15) is 0 Å². The van der Waals surface area contributed by atoms with Crippen LogP contribution in [-0.2, 0) is 0 Å². The molecule has 1 unspecified atom stereocenters. The fourth-order valence-corrected chi connectivity index (χ4v) is 3.60. The van der Waals surface area contributed by atoms with Crippen molar-refractivity contribution < 1.29 is 9.18 Å². The van der Waals surface area contributed by atoms with Gasteiger partial charge < -0.3 is 10.2 Å². The highest BCUT2D eigenvalue weighted by molar-refractivity contribution is 9.10. The molecule has 138 valence electrons. The van der Waals surface area contributed by atoms with Gasteiger partial charge in [-0.3, -0.25) is 9.69 Å². The van der Waals surface area contributed by atoms with Crippen LogP contribution >= 0.6 is 15.9 Å². The summed E-state index contributed by atoms with van der Waals surface area (Å²) in [5.74, 6) is -0.350. The van der Waals surface area contributed by atoms with Gasteiger partial charge in [0.2, 0.25) is 0 Å². The highest BCUT2D eigenvalue weighted by Crippen LogP contribution is 2.22. The molecule has 26 heavy (non-hydrogen) atoms. The lowest BCUT2D eigenvalue weighted by Gasteiger charge is -2.38. The number of halogens is 2. The minimum Gasteiger partial charge on any atom is -0.350 e. The van der Waals surface area contributed by atoms with Gasteiger partial charge in [0.25, 0.3) is 5.91 Å². The Labute approximate surface area is 162 Å². The normalized spacial score (nSPS) is 17.0. The molecule has 1 fully saturated rings. The summed E-state index contributed by atoms with van der Waals surface area (Å²) in [7, 11) is 2.11. The predicted molar refractivity (Wildman–Crippen MR) is 105 cm³/mol. The average molecular weight is 420 g/mol. The Balaban J connectivity index is 1.73. The molecule has 0 bridgehead atoms. The minimum atomic E-state index is -0.246. The molecule has 1 aliphatic rings. The number of amides is 1. The minimum absolute atomic E-state index is 0.0282. The third-order valence-corrected chi connectivity index (χ3v) is 5.27. The largest absolute Gasteiger partial charge is 0.350 e. The highest BCUT2D eigenvalue weighted by atomic mass is 79.9. The van der Waals surface area contributed by atoms with Crippen LogP contribution < -0.4 is 5.32 Å². The molecule has 2 aromatic carbocycles. The molecule has 1 amide bonds.